The number of halogens is 1. The molecule has 2 aromatic heterocycles. The SMILES string of the molecule is CCn1ccc(CN(C)C(=O)Cn2cc(Cl)cn2)n1. The highest BCUT2D eigenvalue weighted by Crippen LogP contribution is 2.06. The Morgan fingerprint density at radius 2 is 2.26 bits per heavy atom. The van der Waals surface area contributed by atoms with Gasteiger partial charge in [0.1, 0.15) is 6.54 Å². The Bertz CT molecular complexity index is 562. The molecule has 102 valence electrons. The highest BCUT2D eigenvalue weighted by atomic mass is 35.5. The zero-order valence-electron chi connectivity index (χ0n) is 11.0. The first kappa shape index (κ1) is 13.6. The number of hydrogen-bond acceptors (Lipinski definition) is 3. The van der Waals surface area contributed by atoms with Crippen LogP contribution in [0.3, 0.4) is 0 Å². The monoisotopic (exact) mass is 281 g/mol. The molecule has 6 nitrogen and oxygen atoms in total. The molecule has 0 saturated carbocycles. The molecule has 2 heterocycles. The van der Waals surface area contributed by atoms with Crippen LogP contribution < -0.4 is 0 Å². The van der Waals surface area contributed by atoms with E-state index >= 15 is 0 Å². The molecule has 0 saturated heterocycles. The number of rotatable bonds is 5. The lowest BCUT2D eigenvalue weighted by Crippen LogP contribution is -2.30. The summed E-state index contributed by atoms with van der Waals surface area (Å²) in [6.07, 6.45) is 5.04. The molecule has 0 aromatic carbocycles. The minimum absolute atomic E-state index is 0.0363. The summed E-state index contributed by atoms with van der Waals surface area (Å²) in [4.78, 5) is 13.6. The Labute approximate surface area is 116 Å². The molecule has 0 radical (unpaired) electrons. The van der Waals surface area contributed by atoms with Crippen LogP contribution >= 0.6 is 11.6 Å². The summed E-state index contributed by atoms with van der Waals surface area (Å²) in [5.74, 6) is -0.0363. The molecule has 1 amide bonds. The summed E-state index contributed by atoms with van der Waals surface area (Å²) in [6, 6.07) is 1.91. The second kappa shape index (κ2) is 5.88. The quantitative estimate of drug-likeness (QED) is 0.833. The van der Waals surface area contributed by atoms with Crippen LogP contribution in [0.2, 0.25) is 5.02 Å². The summed E-state index contributed by atoms with van der Waals surface area (Å²) in [7, 11) is 1.75. The lowest BCUT2D eigenvalue weighted by atomic mass is 10.4. The second-order valence-electron chi connectivity index (χ2n) is 4.27. The average Bonchev–Trinajstić information content (AvgIpc) is 2.98. The highest BCUT2D eigenvalue weighted by Gasteiger charge is 2.12. The second-order valence-corrected chi connectivity index (χ2v) is 4.71. The van der Waals surface area contributed by atoms with Crippen molar-refractivity contribution in [2.24, 2.45) is 0 Å². The summed E-state index contributed by atoms with van der Waals surface area (Å²) in [5.41, 5.74) is 0.871. The number of nitrogens with zero attached hydrogens (tertiary/aromatic N) is 5. The van der Waals surface area contributed by atoms with Crippen LogP contribution in [-0.4, -0.2) is 37.4 Å². The molecule has 2 rings (SSSR count). The van der Waals surface area contributed by atoms with Gasteiger partial charge in [-0.3, -0.25) is 14.2 Å². The van der Waals surface area contributed by atoms with E-state index in [1.54, 1.807) is 18.1 Å². The fraction of sp³-hybridized carbons (Fsp3) is 0.417. The Kier molecular flexibility index (Phi) is 4.21. The summed E-state index contributed by atoms with van der Waals surface area (Å²) >= 11 is 5.75. The van der Waals surface area contributed by atoms with Gasteiger partial charge in [-0.05, 0) is 13.0 Å². The first-order valence-electron chi connectivity index (χ1n) is 6.02. The van der Waals surface area contributed by atoms with Gasteiger partial charge in [0.2, 0.25) is 5.91 Å². The first-order valence-corrected chi connectivity index (χ1v) is 6.40. The Morgan fingerprint density at radius 3 is 2.84 bits per heavy atom. The molecule has 0 bridgehead atoms. The van der Waals surface area contributed by atoms with E-state index in [9.17, 15) is 4.79 Å². The number of carbonyl (C=O) groups excluding carboxylic acids is 1. The van der Waals surface area contributed by atoms with Crippen molar-refractivity contribution in [2.75, 3.05) is 7.05 Å². The predicted octanol–water partition coefficient (Wildman–Crippen LogP) is 1.41. The largest absolute Gasteiger partial charge is 0.338 e. The van der Waals surface area contributed by atoms with E-state index in [1.165, 1.54) is 10.9 Å². The van der Waals surface area contributed by atoms with E-state index < -0.39 is 0 Å². The molecule has 0 aliphatic carbocycles. The Morgan fingerprint density at radius 1 is 1.47 bits per heavy atom. The van der Waals surface area contributed by atoms with E-state index in [0.717, 1.165) is 12.2 Å². The number of likely N-dealkylation sites (N-methyl/N-ethyl adjacent to an activating group) is 1. The van der Waals surface area contributed by atoms with E-state index in [2.05, 4.69) is 10.2 Å². The van der Waals surface area contributed by atoms with Crippen molar-refractivity contribution < 1.29 is 4.79 Å². The van der Waals surface area contributed by atoms with Gasteiger partial charge in [-0.1, -0.05) is 11.6 Å². The summed E-state index contributed by atoms with van der Waals surface area (Å²) < 4.78 is 3.35. The van der Waals surface area contributed by atoms with Crippen LogP contribution in [0.5, 0.6) is 0 Å². The van der Waals surface area contributed by atoms with Crippen molar-refractivity contribution in [3.05, 3.63) is 35.4 Å². The first-order chi connectivity index (χ1) is 9.08. The Balaban J connectivity index is 1.91. The number of aromatic nitrogens is 4. The normalized spacial score (nSPS) is 10.7. The van der Waals surface area contributed by atoms with Gasteiger partial charge in [0.15, 0.2) is 0 Å². The van der Waals surface area contributed by atoms with E-state index in [-0.39, 0.29) is 12.5 Å². The molecule has 0 unspecified atom stereocenters. The van der Waals surface area contributed by atoms with Crippen LogP contribution in [0.1, 0.15) is 12.6 Å². The molecule has 2 aromatic rings. The smallest absolute Gasteiger partial charge is 0.244 e. The lowest BCUT2D eigenvalue weighted by Gasteiger charge is -2.15. The standard InChI is InChI=1S/C12H16ClN5O/c1-3-17-5-4-11(15-17)8-16(2)12(19)9-18-7-10(13)6-14-18/h4-7H,3,8-9H2,1-2H3. The van der Waals surface area contributed by atoms with Gasteiger partial charge < -0.3 is 4.90 Å². The predicted molar refractivity (Wildman–Crippen MR) is 71.6 cm³/mol. The lowest BCUT2D eigenvalue weighted by molar-refractivity contribution is -0.131. The van der Waals surface area contributed by atoms with Crippen LogP contribution in [0, 0.1) is 0 Å². The fourth-order valence-corrected chi connectivity index (χ4v) is 1.84. The topological polar surface area (TPSA) is 56.0 Å². The third kappa shape index (κ3) is 3.57. The molecule has 0 atom stereocenters. The van der Waals surface area contributed by atoms with Crippen molar-refractivity contribution in [3.63, 3.8) is 0 Å². The van der Waals surface area contributed by atoms with Crippen LogP contribution in [-0.2, 0) is 24.4 Å². The van der Waals surface area contributed by atoms with Crippen molar-refractivity contribution >= 4 is 17.5 Å². The molecule has 7 heteroatoms. The molecule has 19 heavy (non-hydrogen) atoms. The minimum Gasteiger partial charge on any atom is -0.338 e. The number of hydrogen-bond donors (Lipinski definition) is 0. The maximum Gasteiger partial charge on any atom is 0.244 e. The third-order valence-electron chi connectivity index (χ3n) is 2.74. The molecule has 0 N–H and O–H groups in total. The van der Waals surface area contributed by atoms with Gasteiger partial charge in [-0.2, -0.15) is 10.2 Å². The van der Waals surface area contributed by atoms with Crippen LogP contribution in [0.4, 0.5) is 0 Å². The van der Waals surface area contributed by atoms with E-state index in [4.69, 9.17) is 11.6 Å². The van der Waals surface area contributed by atoms with Crippen molar-refractivity contribution in [1.82, 2.24) is 24.5 Å². The molecular weight excluding hydrogens is 266 g/mol. The van der Waals surface area contributed by atoms with Crippen molar-refractivity contribution in [2.45, 2.75) is 26.6 Å². The fourth-order valence-electron chi connectivity index (χ4n) is 1.68. The van der Waals surface area contributed by atoms with Gasteiger partial charge in [-0.25, -0.2) is 0 Å². The maximum atomic E-state index is 12.0. The molecule has 0 aliphatic rings. The summed E-state index contributed by atoms with van der Waals surface area (Å²) in [6.45, 7) is 3.51. The van der Waals surface area contributed by atoms with Gasteiger partial charge in [0.05, 0.1) is 23.5 Å². The van der Waals surface area contributed by atoms with Crippen molar-refractivity contribution in [3.8, 4) is 0 Å². The zero-order valence-corrected chi connectivity index (χ0v) is 11.7. The molecular formula is C12H16ClN5O. The zero-order chi connectivity index (χ0) is 13.8. The molecule has 0 fully saturated rings. The average molecular weight is 282 g/mol. The maximum absolute atomic E-state index is 12.0. The number of carbonyl (C=O) groups is 1. The molecule has 0 spiro atoms. The number of amides is 1. The van der Waals surface area contributed by atoms with Gasteiger partial charge in [-0.15, -0.1) is 0 Å². The van der Waals surface area contributed by atoms with Gasteiger partial charge in [0, 0.05) is 26.0 Å². The van der Waals surface area contributed by atoms with E-state index in [1.807, 2.05) is 23.9 Å². The minimum atomic E-state index is -0.0363. The van der Waals surface area contributed by atoms with Gasteiger partial charge in [0.25, 0.3) is 0 Å². The molecule has 0 aliphatic heterocycles. The Hall–Kier alpha value is -1.82. The number of aryl methyl sites for hydroxylation is 1. The summed E-state index contributed by atoms with van der Waals surface area (Å²) in [5, 5.41) is 8.85. The van der Waals surface area contributed by atoms with Crippen LogP contribution in [0.25, 0.3) is 0 Å². The van der Waals surface area contributed by atoms with E-state index in [0.29, 0.717) is 11.6 Å². The van der Waals surface area contributed by atoms with Gasteiger partial charge >= 0.3 is 0 Å². The third-order valence-corrected chi connectivity index (χ3v) is 2.94. The highest BCUT2D eigenvalue weighted by molar-refractivity contribution is 6.30. The van der Waals surface area contributed by atoms with Crippen molar-refractivity contribution in [1.29, 1.82) is 0 Å². The van der Waals surface area contributed by atoms with Crippen LogP contribution in [0.15, 0.2) is 24.7 Å².